The lowest BCUT2D eigenvalue weighted by molar-refractivity contribution is -0.125. The van der Waals surface area contributed by atoms with Crippen molar-refractivity contribution in [2.45, 2.75) is 33.2 Å². The van der Waals surface area contributed by atoms with Gasteiger partial charge in [-0.05, 0) is 30.5 Å². The van der Waals surface area contributed by atoms with Gasteiger partial charge in [0.2, 0.25) is 5.91 Å². The molecule has 0 aliphatic rings. The Morgan fingerprint density at radius 1 is 1.25 bits per heavy atom. The number of hydrogen-bond donors (Lipinski definition) is 2. The van der Waals surface area contributed by atoms with Crippen LogP contribution in [0.1, 0.15) is 32.3 Å². The first kappa shape index (κ1) is 12.6. The number of aromatic hydroxyl groups is 1. The number of nitrogens with one attached hydrogen (secondary N) is 1. The number of hydrogen-bond acceptors (Lipinski definition) is 2. The standard InChI is InChI=1S/C13H19NO2/c1-3-11(4-2)13(16)14-9-10-5-7-12(15)8-6-10/h5-8,11,15H,3-4,9H2,1-2H3,(H,14,16). The smallest absolute Gasteiger partial charge is 0.223 e. The zero-order chi connectivity index (χ0) is 12.0. The normalized spacial score (nSPS) is 10.4. The minimum absolute atomic E-state index is 0.108. The molecule has 88 valence electrons. The minimum Gasteiger partial charge on any atom is -0.508 e. The molecule has 0 saturated carbocycles. The third-order valence-electron chi connectivity index (χ3n) is 2.76. The third kappa shape index (κ3) is 3.57. The van der Waals surface area contributed by atoms with Gasteiger partial charge in [-0.2, -0.15) is 0 Å². The van der Waals surface area contributed by atoms with Crippen molar-refractivity contribution in [2.75, 3.05) is 0 Å². The van der Waals surface area contributed by atoms with Crippen LogP contribution in [0.25, 0.3) is 0 Å². The molecule has 3 heteroatoms. The lowest BCUT2D eigenvalue weighted by atomic mass is 10.0. The largest absolute Gasteiger partial charge is 0.508 e. The summed E-state index contributed by atoms with van der Waals surface area (Å²) in [7, 11) is 0. The summed E-state index contributed by atoms with van der Waals surface area (Å²) in [5.41, 5.74) is 0.997. The fourth-order valence-electron chi connectivity index (χ4n) is 1.61. The molecule has 0 bridgehead atoms. The highest BCUT2D eigenvalue weighted by atomic mass is 16.3. The molecule has 0 fully saturated rings. The van der Waals surface area contributed by atoms with Gasteiger partial charge in [-0.15, -0.1) is 0 Å². The van der Waals surface area contributed by atoms with Gasteiger partial charge in [-0.3, -0.25) is 4.79 Å². The summed E-state index contributed by atoms with van der Waals surface area (Å²) >= 11 is 0. The number of carbonyl (C=O) groups is 1. The van der Waals surface area contributed by atoms with Gasteiger partial charge in [0.05, 0.1) is 0 Å². The maximum atomic E-state index is 11.7. The first-order valence-corrected chi connectivity index (χ1v) is 5.73. The van der Waals surface area contributed by atoms with Gasteiger partial charge in [0.25, 0.3) is 0 Å². The first-order chi connectivity index (χ1) is 7.67. The number of amides is 1. The molecule has 0 aliphatic heterocycles. The second kappa shape index (κ2) is 6.16. The quantitative estimate of drug-likeness (QED) is 0.802. The maximum Gasteiger partial charge on any atom is 0.223 e. The fraction of sp³-hybridized carbons (Fsp3) is 0.462. The number of rotatable bonds is 5. The van der Waals surface area contributed by atoms with Gasteiger partial charge in [-0.25, -0.2) is 0 Å². The van der Waals surface area contributed by atoms with E-state index >= 15 is 0 Å². The van der Waals surface area contributed by atoms with E-state index in [0.717, 1.165) is 18.4 Å². The van der Waals surface area contributed by atoms with Crippen LogP contribution in [0, 0.1) is 5.92 Å². The van der Waals surface area contributed by atoms with E-state index in [9.17, 15) is 4.79 Å². The van der Waals surface area contributed by atoms with Gasteiger partial charge >= 0.3 is 0 Å². The highest BCUT2D eigenvalue weighted by Crippen LogP contribution is 2.10. The molecule has 0 atom stereocenters. The number of benzene rings is 1. The van der Waals surface area contributed by atoms with Crippen LogP contribution in [0.4, 0.5) is 0 Å². The molecule has 3 nitrogen and oxygen atoms in total. The molecule has 0 radical (unpaired) electrons. The zero-order valence-electron chi connectivity index (χ0n) is 9.86. The van der Waals surface area contributed by atoms with Crippen LogP contribution >= 0.6 is 0 Å². The number of phenolic OH excluding ortho intramolecular Hbond substituents is 1. The van der Waals surface area contributed by atoms with Crippen molar-refractivity contribution < 1.29 is 9.90 Å². The van der Waals surface area contributed by atoms with E-state index in [1.54, 1.807) is 12.1 Å². The van der Waals surface area contributed by atoms with Gasteiger partial charge in [-0.1, -0.05) is 26.0 Å². The van der Waals surface area contributed by atoms with Crippen molar-refractivity contribution in [3.05, 3.63) is 29.8 Å². The molecule has 0 unspecified atom stereocenters. The maximum absolute atomic E-state index is 11.7. The third-order valence-corrected chi connectivity index (χ3v) is 2.76. The Morgan fingerprint density at radius 2 is 1.81 bits per heavy atom. The Balaban J connectivity index is 2.45. The van der Waals surface area contributed by atoms with Crippen LogP contribution < -0.4 is 5.32 Å². The molecule has 1 aromatic rings. The fourth-order valence-corrected chi connectivity index (χ4v) is 1.61. The molecule has 0 spiro atoms. The Kier molecular flexibility index (Phi) is 4.83. The summed E-state index contributed by atoms with van der Waals surface area (Å²) in [5, 5.41) is 12.0. The summed E-state index contributed by atoms with van der Waals surface area (Å²) in [5.74, 6) is 0.463. The average molecular weight is 221 g/mol. The van der Waals surface area contributed by atoms with Crippen molar-refractivity contribution in [3.63, 3.8) is 0 Å². The molecule has 16 heavy (non-hydrogen) atoms. The Morgan fingerprint density at radius 3 is 2.31 bits per heavy atom. The predicted molar refractivity (Wildman–Crippen MR) is 64.0 cm³/mol. The van der Waals surface area contributed by atoms with Gasteiger partial charge in [0.1, 0.15) is 5.75 Å². The molecule has 0 saturated heterocycles. The summed E-state index contributed by atoms with van der Waals surface area (Å²) in [6.45, 7) is 4.57. The number of carbonyl (C=O) groups excluding carboxylic acids is 1. The topological polar surface area (TPSA) is 49.3 Å². The monoisotopic (exact) mass is 221 g/mol. The number of phenols is 1. The van der Waals surface area contributed by atoms with Crippen molar-refractivity contribution in [1.29, 1.82) is 0 Å². The van der Waals surface area contributed by atoms with Crippen molar-refractivity contribution >= 4 is 5.91 Å². The van der Waals surface area contributed by atoms with E-state index in [4.69, 9.17) is 5.11 Å². The molecule has 2 N–H and O–H groups in total. The van der Waals surface area contributed by atoms with E-state index in [1.165, 1.54) is 0 Å². The predicted octanol–water partition coefficient (Wildman–Crippen LogP) is 2.44. The molecule has 1 amide bonds. The molecule has 1 rings (SSSR count). The Labute approximate surface area is 96.5 Å². The highest BCUT2D eigenvalue weighted by molar-refractivity contribution is 5.78. The SMILES string of the molecule is CCC(CC)C(=O)NCc1ccc(O)cc1. The Bertz CT molecular complexity index is 328. The molecule has 0 heterocycles. The molecular weight excluding hydrogens is 202 g/mol. The van der Waals surface area contributed by atoms with Crippen molar-refractivity contribution in [3.8, 4) is 5.75 Å². The first-order valence-electron chi connectivity index (χ1n) is 5.73. The van der Waals surface area contributed by atoms with Crippen LogP contribution in [-0.2, 0) is 11.3 Å². The average Bonchev–Trinajstić information content (AvgIpc) is 2.30. The minimum atomic E-state index is 0.108. The van der Waals surface area contributed by atoms with Crippen LogP contribution in [0.3, 0.4) is 0 Å². The molecule has 0 aliphatic carbocycles. The van der Waals surface area contributed by atoms with E-state index < -0.39 is 0 Å². The summed E-state index contributed by atoms with van der Waals surface area (Å²) < 4.78 is 0. The zero-order valence-corrected chi connectivity index (χ0v) is 9.86. The van der Waals surface area contributed by atoms with E-state index in [1.807, 2.05) is 26.0 Å². The van der Waals surface area contributed by atoms with Crippen LogP contribution in [0.2, 0.25) is 0 Å². The van der Waals surface area contributed by atoms with Crippen LogP contribution in [-0.4, -0.2) is 11.0 Å². The molecule has 0 aromatic heterocycles. The summed E-state index contributed by atoms with van der Waals surface area (Å²) in [4.78, 5) is 11.7. The Hall–Kier alpha value is -1.51. The van der Waals surface area contributed by atoms with E-state index in [-0.39, 0.29) is 17.6 Å². The van der Waals surface area contributed by atoms with Crippen LogP contribution in [0.5, 0.6) is 5.75 Å². The van der Waals surface area contributed by atoms with Gasteiger partial charge in [0, 0.05) is 12.5 Å². The van der Waals surface area contributed by atoms with Crippen molar-refractivity contribution in [1.82, 2.24) is 5.32 Å². The van der Waals surface area contributed by atoms with E-state index in [0.29, 0.717) is 6.54 Å². The summed E-state index contributed by atoms with van der Waals surface area (Å²) in [6.07, 6.45) is 1.75. The molecular formula is C13H19NO2. The van der Waals surface area contributed by atoms with Gasteiger partial charge < -0.3 is 10.4 Å². The lowest BCUT2D eigenvalue weighted by Gasteiger charge is -2.12. The highest BCUT2D eigenvalue weighted by Gasteiger charge is 2.12. The molecule has 1 aromatic carbocycles. The van der Waals surface area contributed by atoms with E-state index in [2.05, 4.69) is 5.32 Å². The second-order valence-corrected chi connectivity index (χ2v) is 3.90. The second-order valence-electron chi connectivity index (χ2n) is 3.90. The van der Waals surface area contributed by atoms with Crippen molar-refractivity contribution in [2.24, 2.45) is 5.92 Å². The van der Waals surface area contributed by atoms with Crippen LogP contribution in [0.15, 0.2) is 24.3 Å². The van der Waals surface area contributed by atoms with Gasteiger partial charge in [0.15, 0.2) is 0 Å². The lowest BCUT2D eigenvalue weighted by Crippen LogP contribution is -2.29. The summed E-state index contributed by atoms with van der Waals surface area (Å²) in [6, 6.07) is 6.86.